The fourth-order valence-corrected chi connectivity index (χ4v) is 3.13. The minimum absolute atomic E-state index is 0.215. The monoisotopic (exact) mass is 414 g/mol. The molecular formula is C26H16F2O3. The lowest BCUT2D eigenvalue weighted by Crippen LogP contribution is -2.04. The van der Waals surface area contributed by atoms with Crippen LogP contribution < -0.4 is 4.74 Å². The van der Waals surface area contributed by atoms with E-state index >= 15 is 0 Å². The number of rotatable bonds is 6. The summed E-state index contributed by atoms with van der Waals surface area (Å²) in [5.74, 6) is -0.940. The van der Waals surface area contributed by atoms with Crippen molar-refractivity contribution in [2.24, 2.45) is 0 Å². The molecule has 0 saturated carbocycles. The minimum atomic E-state index is -0.497. The summed E-state index contributed by atoms with van der Waals surface area (Å²) in [6.07, 6.45) is 0. The average Bonchev–Trinajstić information content (AvgIpc) is 2.79. The maximum Gasteiger partial charge on any atom is 0.196 e. The molecule has 152 valence electrons. The molecule has 0 aliphatic rings. The summed E-state index contributed by atoms with van der Waals surface area (Å²) in [5, 5.41) is 0. The molecule has 0 fully saturated rings. The van der Waals surface area contributed by atoms with Gasteiger partial charge in [-0.05, 0) is 60.7 Å². The lowest BCUT2D eigenvalue weighted by Gasteiger charge is -2.11. The summed E-state index contributed by atoms with van der Waals surface area (Å²) < 4.78 is 32.7. The van der Waals surface area contributed by atoms with Gasteiger partial charge in [0.15, 0.2) is 11.6 Å². The number of benzene rings is 4. The van der Waals surface area contributed by atoms with Gasteiger partial charge in [-0.25, -0.2) is 8.78 Å². The van der Waals surface area contributed by atoms with Crippen LogP contribution in [0.1, 0.15) is 31.8 Å². The lowest BCUT2D eigenvalue weighted by molar-refractivity contribution is 0.103. The van der Waals surface area contributed by atoms with E-state index in [0.29, 0.717) is 17.1 Å². The van der Waals surface area contributed by atoms with E-state index in [1.54, 1.807) is 54.6 Å². The van der Waals surface area contributed by atoms with Crippen molar-refractivity contribution in [3.8, 4) is 11.5 Å². The van der Waals surface area contributed by atoms with Crippen LogP contribution in [-0.2, 0) is 0 Å². The second kappa shape index (κ2) is 8.71. The van der Waals surface area contributed by atoms with Crippen LogP contribution in [-0.4, -0.2) is 11.6 Å². The van der Waals surface area contributed by atoms with Gasteiger partial charge in [-0.2, -0.15) is 0 Å². The number of carbonyl (C=O) groups is 2. The summed E-state index contributed by atoms with van der Waals surface area (Å²) in [7, 11) is 0. The summed E-state index contributed by atoms with van der Waals surface area (Å²) in [6.45, 7) is 0. The molecule has 0 saturated heterocycles. The molecule has 0 heterocycles. The molecule has 0 unspecified atom stereocenters. The SMILES string of the molecule is O=C(c1ccc(Oc2ccccc2C(=O)c2cccc(F)c2)cc1)c1cccc(F)c1. The van der Waals surface area contributed by atoms with E-state index < -0.39 is 11.6 Å². The van der Waals surface area contributed by atoms with Gasteiger partial charge in [-0.3, -0.25) is 9.59 Å². The van der Waals surface area contributed by atoms with Gasteiger partial charge in [0, 0.05) is 16.7 Å². The normalized spacial score (nSPS) is 10.5. The van der Waals surface area contributed by atoms with Crippen LogP contribution in [0.2, 0.25) is 0 Å². The third-order valence-corrected chi connectivity index (χ3v) is 4.65. The molecule has 0 bridgehead atoms. The van der Waals surface area contributed by atoms with Crippen LogP contribution in [0, 0.1) is 11.6 Å². The third-order valence-electron chi connectivity index (χ3n) is 4.65. The highest BCUT2D eigenvalue weighted by Crippen LogP contribution is 2.28. The first-order valence-electron chi connectivity index (χ1n) is 9.49. The zero-order valence-corrected chi connectivity index (χ0v) is 16.2. The van der Waals surface area contributed by atoms with Crippen LogP contribution in [0.25, 0.3) is 0 Å². The van der Waals surface area contributed by atoms with Crippen LogP contribution in [0.5, 0.6) is 11.5 Å². The van der Waals surface area contributed by atoms with E-state index in [0.717, 1.165) is 0 Å². The second-order valence-corrected chi connectivity index (χ2v) is 6.80. The van der Waals surface area contributed by atoms with Crippen LogP contribution >= 0.6 is 0 Å². The molecule has 0 amide bonds. The Kier molecular flexibility index (Phi) is 5.67. The molecule has 0 atom stereocenters. The number of hydrogen-bond donors (Lipinski definition) is 0. The Labute approximate surface area is 177 Å². The molecule has 0 N–H and O–H groups in total. The summed E-state index contributed by atoms with van der Waals surface area (Å²) in [6, 6.07) is 23.9. The highest BCUT2D eigenvalue weighted by molar-refractivity contribution is 6.11. The van der Waals surface area contributed by atoms with E-state index in [1.807, 2.05) is 0 Å². The average molecular weight is 414 g/mol. The first kappa shape index (κ1) is 20.2. The van der Waals surface area contributed by atoms with Crippen molar-refractivity contribution in [3.05, 3.63) is 131 Å². The largest absolute Gasteiger partial charge is 0.457 e. The fraction of sp³-hybridized carbons (Fsp3) is 0. The summed E-state index contributed by atoms with van der Waals surface area (Å²) in [5.41, 5.74) is 1.13. The standard InChI is InChI=1S/C26H16F2O3/c27-20-7-3-5-18(15-20)25(29)17-11-13-22(14-12-17)31-24-10-2-1-9-23(24)26(30)19-6-4-8-21(28)16-19/h1-16H. The van der Waals surface area contributed by atoms with Crippen molar-refractivity contribution in [1.82, 2.24) is 0 Å². The molecule has 0 aliphatic carbocycles. The third kappa shape index (κ3) is 4.56. The number of halogens is 2. The van der Waals surface area contributed by atoms with E-state index in [4.69, 9.17) is 4.74 Å². The number of para-hydroxylation sites is 1. The van der Waals surface area contributed by atoms with Gasteiger partial charge in [0.2, 0.25) is 0 Å². The Morgan fingerprint density at radius 1 is 0.581 bits per heavy atom. The zero-order valence-electron chi connectivity index (χ0n) is 16.2. The minimum Gasteiger partial charge on any atom is -0.457 e. The van der Waals surface area contributed by atoms with Crippen molar-refractivity contribution < 1.29 is 23.1 Å². The molecule has 0 spiro atoms. The molecule has 0 radical (unpaired) electrons. The van der Waals surface area contributed by atoms with Gasteiger partial charge in [0.25, 0.3) is 0 Å². The van der Waals surface area contributed by atoms with Gasteiger partial charge >= 0.3 is 0 Å². The topological polar surface area (TPSA) is 43.4 Å². The van der Waals surface area contributed by atoms with Gasteiger partial charge in [-0.15, -0.1) is 0 Å². The van der Waals surface area contributed by atoms with Crippen molar-refractivity contribution in [1.29, 1.82) is 0 Å². The number of carbonyl (C=O) groups excluding carboxylic acids is 2. The highest BCUT2D eigenvalue weighted by Gasteiger charge is 2.16. The maximum absolute atomic E-state index is 13.5. The smallest absolute Gasteiger partial charge is 0.196 e. The van der Waals surface area contributed by atoms with Crippen LogP contribution in [0.3, 0.4) is 0 Å². The summed E-state index contributed by atoms with van der Waals surface area (Å²) >= 11 is 0. The molecule has 4 aromatic rings. The molecule has 0 aliphatic heterocycles. The van der Waals surface area contributed by atoms with Crippen LogP contribution in [0.15, 0.2) is 97.1 Å². The zero-order chi connectivity index (χ0) is 21.8. The van der Waals surface area contributed by atoms with Gasteiger partial charge < -0.3 is 4.74 Å². The first-order chi connectivity index (χ1) is 15.0. The van der Waals surface area contributed by atoms with Crippen molar-refractivity contribution in [3.63, 3.8) is 0 Å². The van der Waals surface area contributed by atoms with Gasteiger partial charge in [0.05, 0.1) is 5.56 Å². The highest BCUT2D eigenvalue weighted by atomic mass is 19.1. The lowest BCUT2D eigenvalue weighted by atomic mass is 10.0. The van der Waals surface area contributed by atoms with E-state index in [9.17, 15) is 18.4 Å². The van der Waals surface area contributed by atoms with E-state index in [2.05, 4.69) is 0 Å². The number of hydrogen-bond acceptors (Lipinski definition) is 3. The maximum atomic E-state index is 13.5. The van der Waals surface area contributed by atoms with Crippen molar-refractivity contribution in [2.45, 2.75) is 0 Å². The Morgan fingerprint density at radius 3 is 1.77 bits per heavy atom. The van der Waals surface area contributed by atoms with Crippen molar-refractivity contribution in [2.75, 3.05) is 0 Å². The Balaban J connectivity index is 1.56. The molecule has 5 heteroatoms. The molecular weight excluding hydrogens is 398 g/mol. The molecule has 0 aromatic heterocycles. The Hall–Kier alpha value is -4.12. The van der Waals surface area contributed by atoms with E-state index in [1.165, 1.54) is 42.5 Å². The fourth-order valence-electron chi connectivity index (χ4n) is 3.13. The Morgan fingerprint density at radius 2 is 1.16 bits per heavy atom. The molecule has 4 aromatic carbocycles. The van der Waals surface area contributed by atoms with E-state index in [-0.39, 0.29) is 28.3 Å². The van der Waals surface area contributed by atoms with Crippen molar-refractivity contribution >= 4 is 11.6 Å². The predicted octanol–water partition coefficient (Wildman–Crippen LogP) is 6.22. The number of ether oxygens (including phenoxy) is 1. The summed E-state index contributed by atoms with van der Waals surface area (Å²) in [4.78, 5) is 25.3. The molecule has 3 nitrogen and oxygen atoms in total. The number of ketones is 2. The van der Waals surface area contributed by atoms with Crippen LogP contribution in [0.4, 0.5) is 8.78 Å². The quantitative estimate of drug-likeness (QED) is 0.352. The Bertz CT molecular complexity index is 1260. The first-order valence-corrected chi connectivity index (χ1v) is 9.49. The van der Waals surface area contributed by atoms with Gasteiger partial charge in [0.1, 0.15) is 23.1 Å². The van der Waals surface area contributed by atoms with Gasteiger partial charge in [-0.1, -0.05) is 36.4 Å². The predicted molar refractivity (Wildman–Crippen MR) is 113 cm³/mol. The molecule has 4 rings (SSSR count). The second-order valence-electron chi connectivity index (χ2n) is 6.80. The molecule has 31 heavy (non-hydrogen) atoms.